The maximum atomic E-state index is 11.2. The van der Waals surface area contributed by atoms with Crippen LogP contribution in [0.15, 0.2) is 0 Å². The van der Waals surface area contributed by atoms with Crippen molar-refractivity contribution in [2.45, 2.75) is 6.18 Å². The van der Waals surface area contributed by atoms with Gasteiger partial charge in [0, 0.05) is 6.54 Å². The SMILES string of the molecule is [O]CCNCC(F)(F)F. The summed E-state index contributed by atoms with van der Waals surface area (Å²) in [6, 6.07) is 0. The molecule has 0 heterocycles. The zero-order valence-corrected chi connectivity index (χ0v) is 4.66. The molecule has 1 radical (unpaired) electrons. The number of hydrogen-bond acceptors (Lipinski definition) is 1. The molecule has 0 spiro atoms. The van der Waals surface area contributed by atoms with Gasteiger partial charge in [0.05, 0.1) is 13.2 Å². The molecule has 5 heteroatoms. The van der Waals surface area contributed by atoms with Crippen LogP contribution >= 0.6 is 0 Å². The summed E-state index contributed by atoms with van der Waals surface area (Å²) in [6.45, 7) is -1.72. The molecule has 0 atom stereocenters. The van der Waals surface area contributed by atoms with Gasteiger partial charge in [0.15, 0.2) is 0 Å². The summed E-state index contributed by atoms with van der Waals surface area (Å²) < 4.78 is 33.6. The Morgan fingerprint density at radius 1 is 1.33 bits per heavy atom. The van der Waals surface area contributed by atoms with E-state index in [0.717, 1.165) is 0 Å². The van der Waals surface area contributed by atoms with Gasteiger partial charge in [0.25, 0.3) is 0 Å². The fourth-order valence-electron chi connectivity index (χ4n) is 0.302. The molecule has 0 fully saturated rings. The predicted molar refractivity (Wildman–Crippen MR) is 24.5 cm³/mol. The van der Waals surface area contributed by atoms with Crippen LogP contribution in [0, 0.1) is 0 Å². The van der Waals surface area contributed by atoms with Crippen LogP contribution < -0.4 is 5.32 Å². The summed E-state index contributed by atoms with van der Waals surface area (Å²) in [6.07, 6.45) is -4.20. The molecule has 0 amide bonds. The smallest absolute Gasteiger partial charge is 0.306 e. The lowest BCUT2D eigenvalue weighted by atomic mass is 10.6. The standard InChI is InChI=1S/C4H7F3NO/c5-4(6,7)3-8-1-2-9/h8H,1-3H2. The minimum atomic E-state index is -4.20. The van der Waals surface area contributed by atoms with Crippen LogP contribution in [0.2, 0.25) is 0 Å². The van der Waals surface area contributed by atoms with Gasteiger partial charge in [-0.25, -0.2) is 5.11 Å². The molecule has 0 aliphatic carbocycles. The molecule has 55 valence electrons. The van der Waals surface area contributed by atoms with Crippen molar-refractivity contribution in [3.05, 3.63) is 0 Å². The van der Waals surface area contributed by atoms with Crippen molar-refractivity contribution in [3.63, 3.8) is 0 Å². The van der Waals surface area contributed by atoms with Crippen molar-refractivity contribution in [2.75, 3.05) is 19.7 Å². The van der Waals surface area contributed by atoms with Crippen molar-refractivity contribution < 1.29 is 18.3 Å². The van der Waals surface area contributed by atoms with Crippen molar-refractivity contribution in [2.24, 2.45) is 0 Å². The number of alkyl halides is 3. The normalized spacial score (nSPS) is 12.0. The minimum Gasteiger partial charge on any atom is -0.306 e. The highest BCUT2D eigenvalue weighted by molar-refractivity contribution is 4.53. The maximum absolute atomic E-state index is 11.2. The molecule has 0 saturated carbocycles. The quantitative estimate of drug-likeness (QED) is 0.574. The molecular formula is C4H7F3NO. The van der Waals surface area contributed by atoms with Crippen LogP contribution in [0.4, 0.5) is 13.2 Å². The van der Waals surface area contributed by atoms with E-state index in [4.69, 9.17) is 0 Å². The predicted octanol–water partition coefficient (Wildman–Crippen LogP) is 0.569. The monoisotopic (exact) mass is 142 g/mol. The Labute approximate surface area is 50.7 Å². The summed E-state index contributed by atoms with van der Waals surface area (Å²) in [5, 5.41) is 11.5. The Balaban J connectivity index is 3.07. The third-order valence-electron chi connectivity index (χ3n) is 0.604. The van der Waals surface area contributed by atoms with Crippen LogP contribution in [0.5, 0.6) is 0 Å². The van der Waals surface area contributed by atoms with Crippen molar-refractivity contribution in [1.82, 2.24) is 5.32 Å². The zero-order valence-electron chi connectivity index (χ0n) is 4.66. The number of halogens is 3. The van der Waals surface area contributed by atoms with E-state index >= 15 is 0 Å². The summed E-state index contributed by atoms with van der Waals surface area (Å²) in [5.74, 6) is 0. The van der Waals surface area contributed by atoms with Gasteiger partial charge in [-0.2, -0.15) is 13.2 Å². The van der Waals surface area contributed by atoms with Crippen LogP contribution in [-0.2, 0) is 5.11 Å². The summed E-state index contributed by atoms with van der Waals surface area (Å²) in [7, 11) is 0. The van der Waals surface area contributed by atoms with Gasteiger partial charge >= 0.3 is 6.18 Å². The molecule has 2 nitrogen and oxygen atoms in total. The molecule has 0 saturated heterocycles. The van der Waals surface area contributed by atoms with Gasteiger partial charge in [0.1, 0.15) is 0 Å². The first-order valence-corrected chi connectivity index (χ1v) is 2.42. The largest absolute Gasteiger partial charge is 0.401 e. The third-order valence-corrected chi connectivity index (χ3v) is 0.604. The Morgan fingerprint density at radius 2 is 1.89 bits per heavy atom. The van der Waals surface area contributed by atoms with E-state index in [1.165, 1.54) is 0 Å². The summed E-state index contributed by atoms with van der Waals surface area (Å²) >= 11 is 0. The Hall–Kier alpha value is -0.290. The number of rotatable bonds is 3. The van der Waals surface area contributed by atoms with Crippen molar-refractivity contribution >= 4 is 0 Å². The van der Waals surface area contributed by atoms with Gasteiger partial charge in [-0.3, -0.25) is 0 Å². The molecule has 0 aliphatic rings. The Kier molecular flexibility index (Phi) is 3.56. The second kappa shape index (κ2) is 3.68. The van der Waals surface area contributed by atoms with Crippen LogP contribution in [0.25, 0.3) is 0 Å². The molecule has 9 heavy (non-hydrogen) atoms. The van der Waals surface area contributed by atoms with Crippen molar-refractivity contribution in [1.29, 1.82) is 0 Å². The fourth-order valence-corrected chi connectivity index (χ4v) is 0.302. The molecule has 0 aromatic carbocycles. The van der Waals surface area contributed by atoms with Gasteiger partial charge in [0.2, 0.25) is 0 Å². The van der Waals surface area contributed by atoms with E-state index in [2.05, 4.69) is 0 Å². The van der Waals surface area contributed by atoms with E-state index in [1.54, 1.807) is 0 Å². The fraction of sp³-hybridized carbons (Fsp3) is 1.00. The first-order chi connectivity index (χ1) is 4.06. The lowest BCUT2D eigenvalue weighted by Gasteiger charge is -2.04. The van der Waals surface area contributed by atoms with Gasteiger partial charge in [-0.1, -0.05) is 0 Å². The molecular weight excluding hydrogens is 135 g/mol. The lowest BCUT2D eigenvalue weighted by molar-refractivity contribution is -0.125. The van der Waals surface area contributed by atoms with E-state index in [-0.39, 0.29) is 6.54 Å². The average molecular weight is 142 g/mol. The Morgan fingerprint density at radius 3 is 2.22 bits per heavy atom. The first kappa shape index (κ1) is 8.71. The molecule has 0 aromatic rings. The lowest BCUT2D eigenvalue weighted by Crippen LogP contribution is -2.30. The van der Waals surface area contributed by atoms with Crippen molar-refractivity contribution in [3.8, 4) is 0 Å². The van der Waals surface area contributed by atoms with E-state index in [1.807, 2.05) is 5.32 Å². The highest BCUT2D eigenvalue weighted by Crippen LogP contribution is 2.11. The average Bonchev–Trinajstić information content (AvgIpc) is 1.63. The summed E-state index contributed by atoms with van der Waals surface area (Å²) in [5.41, 5.74) is 0. The van der Waals surface area contributed by atoms with E-state index < -0.39 is 19.3 Å². The minimum absolute atomic E-state index is 0.125. The topological polar surface area (TPSA) is 31.9 Å². The van der Waals surface area contributed by atoms with Gasteiger partial charge in [-0.15, -0.1) is 0 Å². The highest BCUT2D eigenvalue weighted by Gasteiger charge is 2.25. The van der Waals surface area contributed by atoms with Crippen LogP contribution in [0.3, 0.4) is 0 Å². The number of nitrogens with one attached hydrogen (secondary N) is 1. The Bertz CT molecular complexity index is 72.7. The third kappa shape index (κ3) is 7.71. The molecule has 1 N–H and O–H groups in total. The van der Waals surface area contributed by atoms with Gasteiger partial charge in [-0.05, 0) is 0 Å². The number of hydrogen-bond donors (Lipinski definition) is 1. The van der Waals surface area contributed by atoms with E-state index in [0.29, 0.717) is 0 Å². The molecule has 0 bridgehead atoms. The zero-order chi connectivity index (χ0) is 7.33. The molecule has 0 aromatic heterocycles. The summed E-state index contributed by atoms with van der Waals surface area (Å²) in [4.78, 5) is 0. The second-order valence-corrected chi connectivity index (χ2v) is 1.50. The van der Waals surface area contributed by atoms with Crippen LogP contribution in [0.1, 0.15) is 0 Å². The highest BCUT2D eigenvalue weighted by atomic mass is 19.4. The van der Waals surface area contributed by atoms with Gasteiger partial charge < -0.3 is 5.32 Å². The maximum Gasteiger partial charge on any atom is 0.401 e. The van der Waals surface area contributed by atoms with Crippen LogP contribution in [-0.4, -0.2) is 25.9 Å². The molecule has 0 rings (SSSR count). The molecule has 0 unspecified atom stereocenters. The second-order valence-electron chi connectivity index (χ2n) is 1.50. The molecule has 0 aliphatic heterocycles. The van der Waals surface area contributed by atoms with E-state index in [9.17, 15) is 18.3 Å². The first-order valence-electron chi connectivity index (χ1n) is 2.42.